The Bertz CT molecular complexity index is 1130. The van der Waals surface area contributed by atoms with Crippen LogP contribution < -0.4 is 10.9 Å². The Balaban J connectivity index is 1.67. The van der Waals surface area contributed by atoms with Gasteiger partial charge in [0.1, 0.15) is 17.9 Å². The van der Waals surface area contributed by atoms with E-state index in [1.165, 1.54) is 24.3 Å². The van der Waals surface area contributed by atoms with Gasteiger partial charge in [-0.2, -0.15) is 0 Å². The van der Waals surface area contributed by atoms with Crippen molar-refractivity contribution in [3.8, 4) is 5.75 Å². The number of anilines is 1. The summed E-state index contributed by atoms with van der Waals surface area (Å²) in [5.74, 6) is -1.59. The van der Waals surface area contributed by atoms with E-state index in [2.05, 4.69) is 15.2 Å². The van der Waals surface area contributed by atoms with Crippen LogP contribution in [0.1, 0.15) is 34.6 Å². The molecule has 8 heteroatoms. The molecule has 0 unspecified atom stereocenters. The SMILES string of the molecule is CCN(CC)CCOC(=O)c1ccc(NC(=O)c2c(O)c3ccccc3[nH]c2=O)cc1. The number of hydrogen-bond donors (Lipinski definition) is 3. The minimum Gasteiger partial charge on any atom is -0.506 e. The molecule has 3 rings (SSSR count). The lowest BCUT2D eigenvalue weighted by molar-refractivity contribution is 0.0466. The van der Waals surface area contributed by atoms with Gasteiger partial charge in [-0.1, -0.05) is 26.0 Å². The lowest BCUT2D eigenvalue weighted by atomic mass is 10.1. The van der Waals surface area contributed by atoms with Crippen LogP contribution in [0.3, 0.4) is 0 Å². The monoisotopic (exact) mass is 423 g/mol. The summed E-state index contributed by atoms with van der Waals surface area (Å²) in [6.45, 7) is 6.82. The van der Waals surface area contributed by atoms with Gasteiger partial charge in [0.15, 0.2) is 0 Å². The van der Waals surface area contributed by atoms with E-state index in [-0.39, 0.29) is 11.3 Å². The average molecular weight is 423 g/mol. The number of aromatic hydroxyl groups is 1. The average Bonchev–Trinajstić information content (AvgIpc) is 2.77. The standard InChI is InChI=1S/C23H25N3O5/c1-3-26(4-2)13-14-31-23(30)15-9-11-16(12-10-15)24-21(28)19-20(27)17-7-5-6-8-18(17)25-22(19)29/h5-12H,3-4,13-14H2,1-2H3,(H,24,28)(H2,25,27,29). The summed E-state index contributed by atoms with van der Waals surface area (Å²) in [6, 6.07) is 12.8. The Labute approximate surface area is 179 Å². The molecule has 0 saturated heterocycles. The molecule has 0 aliphatic carbocycles. The van der Waals surface area contributed by atoms with Gasteiger partial charge < -0.3 is 25.0 Å². The quantitative estimate of drug-likeness (QED) is 0.480. The first-order valence-electron chi connectivity index (χ1n) is 10.1. The van der Waals surface area contributed by atoms with E-state index in [0.717, 1.165) is 13.1 Å². The lowest BCUT2D eigenvalue weighted by Crippen LogP contribution is -2.27. The number of esters is 1. The van der Waals surface area contributed by atoms with Gasteiger partial charge in [0.05, 0.1) is 11.1 Å². The van der Waals surface area contributed by atoms with Crippen LogP contribution >= 0.6 is 0 Å². The van der Waals surface area contributed by atoms with E-state index in [4.69, 9.17) is 4.74 Å². The van der Waals surface area contributed by atoms with E-state index < -0.39 is 17.4 Å². The number of likely N-dealkylation sites (N-methyl/N-ethyl adjacent to an activating group) is 1. The molecule has 0 fully saturated rings. The van der Waals surface area contributed by atoms with Crippen LogP contribution in [0.25, 0.3) is 10.9 Å². The lowest BCUT2D eigenvalue weighted by Gasteiger charge is -2.17. The molecule has 2 aromatic carbocycles. The first-order chi connectivity index (χ1) is 14.9. The molecule has 0 radical (unpaired) electrons. The number of nitrogens with zero attached hydrogens (tertiary/aromatic N) is 1. The first kappa shape index (κ1) is 22.0. The van der Waals surface area contributed by atoms with Crippen LogP contribution in [0.5, 0.6) is 5.75 Å². The number of hydrogen-bond acceptors (Lipinski definition) is 6. The summed E-state index contributed by atoms with van der Waals surface area (Å²) in [5, 5.41) is 13.3. The number of nitrogens with one attached hydrogen (secondary N) is 2. The van der Waals surface area contributed by atoms with Gasteiger partial charge in [-0.25, -0.2) is 4.79 Å². The van der Waals surface area contributed by atoms with Crippen molar-refractivity contribution in [2.24, 2.45) is 0 Å². The zero-order valence-electron chi connectivity index (χ0n) is 17.5. The molecule has 3 aromatic rings. The number of H-pyrrole nitrogens is 1. The molecule has 8 nitrogen and oxygen atoms in total. The Hall–Kier alpha value is -3.65. The van der Waals surface area contributed by atoms with Gasteiger partial charge in [0, 0.05) is 17.6 Å². The van der Waals surface area contributed by atoms with Crippen molar-refractivity contribution in [2.45, 2.75) is 13.8 Å². The highest BCUT2D eigenvalue weighted by Crippen LogP contribution is 2.25. The number of pyridine rings is 1. The molecular weight excluding hydrogens is 398 g/mol. The summed E-state index contributed by atoms with van der Waals surface area (Å²) >= 11 is 0. The molecule has 0 aliphatic heterocycles. The first-order valence-corrected chi connectivity index (χ1v) is 10.1. The van der Waals surface area contributed by atoms with E-state index in [0.29, 0.717) is 35.3 Å². The van der Waals surface area contributed by atoms with Crippen LogP contribution in [0.15, 0.2) is 53.3 Å². The number of carbonyl (C=O) groups excluding carboxylic acids is 2. The Morgan fingerprint density at radius 2 is 1.74 bits per heavy atom. The third-order valence-corrected chi connectivity index (χ3v) is 5.03. The zero-order chi connectivity index (χ0) is 22.4. The predicted octanol–water partition coefficient (Wildman–Crippen LogP) is 2.98. The Morgan fingerprint density at radius 3 is 2.42 bits per heavy atom. The van der Waals surface area contributed by atoms with Crippen LogP contribution in [-0.4, -0.2) is 53.1 Å². The third kappa shape index (κ3) is 5.10. The molecule has 1 heterocycles. The molecular formula is C23H25N3O5. The van der Waals surface area contributed by atoms with Crippen LogP contribution in [0.2, 0.25) is 0 Å². The fraction of sp³-hybridized carbons (Fsp3) is 0.261. The summed E-state index contributed by atoms with van der Waals surface area (Å²) in [6.07, 6.45) is 0. The van der Waals surface area contributed by atoms with Gasteiger partial charge >= 0.3 is 5.97 Å². The topological polar surface area (TPSA) is 112 Å². The molecule has 31 heavy (non-hydrogen) atoms. The highest BCUT2D eigenvalue weighted by Gasteiger charge is 2.19. The molecule has 3 N–H and O–H groups in total. The zero-order valence-corrected chi connectivity index (χ0v) is 17.5. The van der Waals surface area contributed by atoms with Crippen molar-refractivity contribution < 1.29 is 19.4 Å². The molecule has 0 aliphatic rings. The fourth-order valence-electron chi connectivity index (χ4n) is 3.21. The van der Waals surface area contributed by atoms with Crippen LogP contribution in [0, 0.1) is 0 Å². The van der Waals surface area contributed by atoms with E-state index in [9.17, 15) is 19.5 Å². The van der Waals surface area contributed by atoms with Gasteiger partial charge in [0.25, 0.3) is 11.5 Å². The van der Waals surface area contributed by atoms with Crippen LogP contribution in [-0.2, 0) is 4.74 Å². The number of aromatic amines is 1. The Morgan fingerprint density at radius 1 is 1.06 bits per heavy atom. The summed E-state index contributed by atoms with van der Waals surface area (Å²) in [4.78, 5) is 41.8. The van der Waals surface area contributed by atoms with Crippen molar-refractivity contribution in [2.75, 3.05) is 31.6 Å². The van der Waals surface area contributed by atoms with E-state index in [1.54, 1.807) is 24.3 Å². The van der Waals surface area contributed by atoms with Crippen LogP contribution in [0.4, 0.5) is 5.69 Å². The Kier molecular flexibility index (Phi) is 7.04. The minimum absolute atomic E-state index is 0.295. The predicted molar refractivity (Wildman–Crippen MR) is 119 cm³/mol. The molecule has 0 bridgehead atoms. The largest absolute Gasteiger partial charge is 0.506 e. The normalized spacial score (nSPS) is 10.9. The molecule has 0 saturated carbocycles. The second-order valence-corrected chi connectivity index (χ2v) is 6.92. The maximum Gasteiger partial charge on any atom is 0.338 e. The van der Waals surface area contributed by atoms with Gasteiger partial charge in [-0.15, -0.1) is 0 Å². The summed E-state index contributed by atoms with van der Waals surface area (Å²) in [5.41, 5.74) is 0.0895. The summed E-state index contributed by atoms with van der Waals surface area (Å²) < 4.78 is 5.28. The minimum atomic E-state index is -0.751. The molecule has 1 amide bonds. The number of rotatable bonds is 8. The molecule has 0 atom stereocenters. The highest BCUT2D eigenvalue weighted by atomic mass is 16.5. The van der Waals surface area contributed by atoms with Crippen molar-refractivity contribution in [3.05, 3.63) is 70.0 Å². The van der Waals surface area contributed by atoms with Crippen molar-refractivity contribution in [3.63, 3.8) is 0 Å². The van der Waals surface area contributed by atoms with Crippen molar-refractivity contribution >= 4 is 28.5 Å². The fourth-order valence-corrected chi connectivity index (χ4v) is 3.21. The molecule has 162 valence electrons. The van der Waals surface area contributed by atoms with Crippen molar-refractivity contribution in [1.82, 2.24) is 9.88 Å². The van der Waals surface area contributed by atoms with E-state index >= 15 is 0 Å². The van der Waals surface area contributed by atoms with Gasteiger partial charge in [-0.05, 0) is 49.5 Å². The number of amides is 1. The number of para-hydroxylation sites is 1. The second kappa shape index (κ2) is 9.90. The molecule has 0 spiro atoms. The number of carbonyl (C=O) groups is 2. The maximum absolute atomic E-state index is 12.6. The van der Waals surface area contributed by atoms with Gasteiger partial charge in [-0.3, -0.25) is 9.59 Å². The van der Waals surface area contributed by atoms with Crippen molar-refractivity contribution in [1.29, 1.82) is 0 Å². The maximum atomic E-state index is 12.6. The second-order valence-electron chi connectivity index (χ2n) is 6.92. The number of aromatic nitrogens is 1. The van der Waals surface area contributed by atoms with E-state index in [1.807, 2.05) is 13.8 Å². The van der Waals surface area contributed by atoms with Gasteiger partial charge in [0.2, 0.25) is 0 Å². The smallest absolute Gasteiger partial charge is 0.338 e. The number of benzene rings is 2. The summed E-state index contributed by atoms with van der Waals surface area (Å²) in [7, 11) is 0. The third-order valence-electron chi connectivity index (χ3n) is 5.03. The highest BCUT2D eigenvalue weighted by molar-refractivity contribution is 6.09. The molecule has 1 aromatic heterocycles. The number of ether oxygens (including phenoxy) is 1. The number of fused-ring (bicyclic) bond motifs is 1.